The van der Waals surface area contributed by atoms with Crippen LogP contribution in [-0.2, 0) is 4.57 Å². The van der Waals surface area contributed by atoms with Gasteiger partial charge < -0.3 is 29.7 Å². The number of nitrogens with zero attached hydrogens (tertiary/aromatic N) is 7. The Balaban J connectivity index is 1.21. The molecule has 0 atom stereocenters. The molecule has 45 heavy (non-hydrogen) atoms. The van der Waals surface area contributed by atoms with Gasteiger partial charge in [0.05, 0.1) is 44.5 Å². The molecule has 2 aliphatic rings. The lowest BCUT2D eigenvalue weighted by Gasteiger charge is -2.42. The Kier molecular flexibility index (Phi) is 9.49. The van der Waals surface area contributed by atoms with E-state index in [2.05, 4.69) is 63.3 Å². The van der Waals surface area contributed by atoms with Crippen molar-refractivity contribution in [2.45, 2.75) is 18.9 Å². The van der Waals surface area contributed by atoms with Gasteiger partial charge in [0.1, 0.15) is 24.2 Å². The van der Waals surface area contributed by atoms with Crippen LogP contribution in [0.25, 0.3) is 11.0 Å². The standard InChI is InChI=1S/C31H38BrClN9O2P/c1-40-13-15-41(16-14-40)20-7-11-42(12-8-20)26-18-27(44-2)25(17-22(26)33)38-31-36-19-21(32)30(39-31)37-24-6-5-23-28(35-10-9-34-23)29(24)45(3,4)43/h5-6,9-10,17-20H,7-8,11-16H2,1-4H3,(H2,36,37,38,39). The quantitative estimate of drug-likeness (QED) is 0.216. The normalized spacial score (nSPS) is 17.1. The van der Waals surface area contributed by atoms with Gasteiger partial charge in [0.2, 0.25) is 5.95 Å². The number of likely N-dealkylation sites (N-methyl/N-ethyl adjacent to an activating group) is 1. The molecule has 0 saturated carbocycles. The van der Waals surface area contributed by atoms with E-state index in [0.717, 1.165) is 57.8 Å². The van der Waals surface area contributed by atoms with Gasteiger partial charge in [-0.25, -0.2) is 4.98 Å². The summed E-state index contributed by atoms with van der Waals surface area (Å²) in [5.74, 6) is 1.48. The molecule has 4 aromatic rings. The molecule has 2 aromatic carbocycles. The molecule has 0 unspecified atom stereocenters. The Morgan fingerprint density at radius 3 is 2.42 bits per heavy atom. The number of halogens is 2. The molecule has 2 fully saturated rings. The van der Waals surface area contributed by atoms with Crippen LogP contribution in [0.15, 0.2) is 47.3 Å². The first kappa shape index (κ1) is 31.9. The van der Waals surface area contributed by atoms with Crippen LogP contribution in [0.4, 0.5) is 28.8 Å². The highest BCUT2D eigenvalue weighted by Crippen LogP contribution is 2.42. The van der Waals surface area contributed by atoms with Crippen LogP contribution >= 0.6 is 34.7 Å². The lowest BCUT2D eigenvalue weighted by atomic mass is 10.0. The number of fused-ring (bicyclic) bond motifs is 1. The third kappa shape index (κ3) is 7.05. The van der Waals surface area contributed by atoms with Gasteiger partial charge in [0.25, 0.3) is 0 Å². The van der Waals surface area contributed by atoms with Gasteiger partial charge in [0.15, 0.2) is 0 Å². The fraction of sp³-hybridized carbons (Fsp3) is 0.419. The summed E-state index contributed by atoms with van der Waals surface area (Å²) < 4.78 is 19.8. The summed E-state index contributed by atoms with van der Waals surface area (Å²) in [5.41, 5.74) is 3.54. The molecule has 2 N–H and O–H groups in total. The number of benzene rings is 2. The van der Waals surface area contributed by atoms with Crippen LogP contribution in [0.3, 0.4) is 0 Å². The monoisotopic (exact) mass is 713 g/mol. The molecule has 0 spiro atoms. The van der Waals surface area contributed by atoms with E-state index in [1.165, 1.54) is 0 Å². The van der Waals surface area contributed by atoms with Crippen LogP contribution in [0.5, 0.6) is 5.75 Å². The second-order valence-electron chi connectivity index (χ2n) is 11.9. The van der Waals surface area contributed by atoms with Crippen LogP contribution in [0.1, 0.15) is 12.8 Å². The minimum Gasteiger partial charge on any atom is -0.494 e. The molecular weight excluding hydrogens is 677 g/mol. The summed E-state index contributed by atoms with van der Waals surface area (Å²) in [6.07, 6.45) is 7.11. The van der Waals surface area contributed by atoms with Crippen molar-refractivity contribution in [3.05, 3.63) is 52.4 Å². The maximum Gasteiger partial charge on any atom is 0.229 e. The van der Waals surface area contributed by atoms with Crippen molar-refractivity contribution in [1.29, 1.82) is 0 Å². The third-order valence-corrected chi connectivity index (χ3v) is 10.9. The van der Waals surface area contributed by atoms with Crippen LogP contribution in [0, 0.1) is 0 Å². The number of methoxy groups -OCH3 is 1. The zero-order valence-corrected chi connectivity index (χ0v) is 29.2. The van der Waals surface area contributed by atoms with Crippen molar-refractivity contribution < 1.29 is 9.30 Å². The van der Waals surface area contributed by atoms with Crippen LogP contribution in [-0.4, -0.2) is 103 Å². The highest BCUT2D eigenvalue weighted by molar-refractivity contribution is 9.10. The summed E-state index contributed by atoms with van der Waals surface area (Å²) in [7, 11) is 1.10. The molecule has 4 heterocycles. The van der Waals surface area contributed by atoms with Crippen molar-refractivity contribution >= 4 is 79.8 Å². The second kappa shape index (κ2) is 13.4. The molecular formula is C31H38BrClN9O2P. The van der Waals surface area contributed by atoms with E-state index >= 15 is 0 Å². The van der Waals surface area contributed by atoms with Crippen molar-refractivity contribution in [3.63, 3.8) is 0 Å². The minimum atomic E-state index is -2.74. The first-order chi connectivity index (χ1) is 21.6. The van der Waals surface area contributed by atoms with Crippen molar-refractivity contribution in [1.82, 2.24) is 29.7 Å². The molecule has 14 heteroatoms. The maximum atomic E-state index is 13.4. The molecule has 0 amide bonds. The van der Waals surface area contributed by atoms with Gasteiger partial charge in [0, 0.05) is 70.0 Å². The van der Waals surface area contributed by atoms with E-state index in [0.29, 0.717) is 60.8 Å². The first-order valence-corrected chi connectivity index (χ1v) is 18.8. The van der Waals surface area contributed by atoms with Crippen molar-refractivity contribution in [2.75, 3.05) is 82.3 Å². The molecule has 2 saturated heterocycles. The van der Waals surface area contributed by atoms with E-state index < -0.39 is 7.14 Å². The predicted molar refractivity (Wildman–Crippen MR) is 187 cm³/mol. The van der Waals surface area contributed by atoms with Gasteiger partial charge in [-0.05, 0) is 67.3 Å². The highest BCUT2D eigenvalue weighted by atomic mass is 79.9. The minimum absolute atomic E-state index is 0.342. The topological polar surface area (TPSA) is 112 Å². The largest absolute Gasteiger partial charge is 0.494 e. The van der Waals surface area contributed by atoms with Gasteiger partial charge in [-0.15, -0.1) is 0 Å². The molecule has 2 aliphatic heterocycles. The lowest BCUT2D eigenvalue weighted by molar-refractivity contribution is 0.0982. The van der Waals surface area contributed by atoms with Crippen LogP contribution in [0.2, 0.25) is 5.02 Å². The Labute approximate surface area is 277 Å². The number of piperidine rings is 1. The summed E-state index contributed by atoms with van der Waals surface area (Å²) in [6, 6.07) is 8.17. The number of hydrogen-bond donors (Lipinski definition) is 2. The fourth-order valence-corrected chi connectivity index (χ4v) is 8.11. The van der Waals surface area contributed by atoms with E-state index in [1.807, 2.05) is 24.3 Å². The number of aromatic nitrogens is 4. The Hall–Kier alpha value is -3.02. The zero-order chi connectivity index (χ0) is 31.7. The molecule has 0 aliphatic carbocycles. The van der Waals surface area contributed by atoms with Gasteiger partial charge in [-0.3, -0.25) is 14.9 Å². The van der Waals surface area contributed by atoms with E-state index in [4.69, 9.17) is 21.3 Å². The smallest absolute Gasteiger partial charge is 0.229 e. The number of ether oxygens (including phenoxy) is 1. The summed E-state index contributed by atoms with van der Waals surface area (Å²) in [6.45, 7) is 9.89. The fourth-order valence-electron chi connectivity index (χ4n) is 6.14. The number of hydrogen-bond acceptors (Lipinski definition) is 11. The van der Waals surface area contributed by atoms with Crippen LogP contribution < -0.4 is 25.6 Å². The van der Waals surface area contributed by atoms with Gasteiger partial charge in [-0.2, -0.15) is 4.98 Å². The van der Waals surface area contributed by atoms with E-state index in [9.17, 15) is 4.57 Å². The highest BCUT2D eigenvalue weighted by Gasteiger charge is 2.28. The SMILES string of the molecule is COc1cc(N2CCC(N3CCN(C)CC3)CC2)c(Cl)cc1Nc1ncc(Br)c(Nc2ccc3nccnc3c2P(C)(C)=O)n1. The Bertz CT molecular complexity index is 1740. The Morgan fingerprint density at radius 2 is 1.71 bits per heavy atom. The molecule has 11 nitrogen and oxygen atoms in total. The van der Waals surface area contributed by atoms with E-state index in [-0.39, 0.29) is 0 Å². The number of rotatable bonds is 8. The average Bonchev–Trinajstić information content (AvgIpc) is 3.02. The number of anilines is 5. The number of nitrogens with one attached hydrogen (secondary N) is 2. The average molecular weight is 715 g/mol. The molecule has 0 bridgehead atoms. The maximum absolute atomic E-state index is 13.4. The van der Waals surface area contributed by atoms with Crippen molar-refractivity contribution in [2.24, 2.45) is 0 Å². The molecule has 2 aromatic heterocycles. The lowest BCUT2D eigenvalue weighted by Crippen LogP contribution is -2.52. The Morgan fingerprint density at radius 1 is 0.978 bits per heavy atom. The zero-order valence-electron chi connectivity index (χ0n) is 25.9. The number of piperazine rings is 1. The van der Waals surface area contributed by atoms with Gasteiger partial charge in [-0.1, -0.05) is 11.6 Å². The predicted octanol–water partition coefficient (Wildman–Crippen LogP) is 5.80. The van der Waals surface area contributed by atoms with Gasteiger partial charge >= 0.3 is 0 Å². The second-order valence-corrected chi connectivity index (χ2v) is 16.3. The summed E-state index contributed by atoms with van der Waals surface area (Å²) >= 11 is 10.4. The third-order valence-electron chi connectivity index (χ3n) is 8.52. The first-order valence-electron chi connectivity index (χ1n) is 15.0. The molecule has 6 rings (SSSR count). The summed E-state index contributed by atoms with van der Waals surface area (Å²) in [5, 5.41) is 7.87. The molecule has 238 valence electrons. The molecule has 0 radical (unpaired) electrons. The summed E-state index contributed by atoms with van der Waals surface area (Å²) in [4.78, 5) is 25.4. The van der Waals surface area contributed by atoms with E-state index in [1.54, 1.807) is 39.0 Å². The van der Waals surface area contributed by atoms with Crippen molar-refractivity contribution in [3.8, 4) is 5.75 Å².